The zero-order valence-electron chi connectivity index (χ0n) is 8.87. The van der Waals surface area contributed by atoms with Crippen molar-refractivity contribution in [2.75, 3.05) is 6.61 Å². The molecule has 6 heteroatoms. The number of aromatic nitrogens is 2. The molecule has 1 N–H and O–H groups in total. The third kappa shape index (κ3) is 3.04. The molecule has 17 heavy (non-hydrogen) atoms. The molecule has 0 aliphatic heterocycles. The molecule has 0 saturated carbocycles. The highest BCUT2D eigenvalue weighted by molar-refractivity contribution is 5.84. The molecule has 2 aromatic heterocycles. The number of hydrogen-bond donors (Lipinski definition) is 1. The molecule has 0 unspecified atom stereocenters. The lowest BCUT2D eigenvalue weighted by atomic mass is 10.3. The van der Waals surface area contributed by atoms with Crippen LogP contribution in [0.25, 0.3) is 0 Å². The lowest BCUT2D eigenvalue weighted by Crippen LogP contribution is -2.03. The molecule has 0 fully saturated rings. The Hall–Kier alpha value is -2.37. The van der Waals surface area contributed by atoms with Crippen LogP contribution in [0.15, 0.2) is 35.1 Å². The summed E-state index contributed by atoms with van der Waals surface area (Å²) in [4.78, 5) is 18.3. The Morgan fingerprint density at radius 3 is 3.00 bits per heavy atom. The topological polar surface area (TPSA) is 85.5 Å². The number of aromatic carboxylic acids is 1. The monoisotopic (exact) mass is 234 g/mol. The Balaban J connectivity index is 1.84. The number of carboxylic acid groups (broad SMARTS) is 1. The maximum atomic E-state index is 10.5. The van der Waals surface area contributed by atoms with Crippen LogP contribution >= 0.6 is 0 Å². The van der Waals surface area contributed by atoms with Gasteiger partial charge in [0.1, 0.15) is 6.26 Å². The lowest BCUT2D eigenvalue weighted by molar-refractivity contribution is 0.0690. The van der Waals surface area contributed by atoms with Gasteiger partial charge < -0.3 is 14.3 Å². The van der Waals surface area contributed by atoms with Gasteiger partial charge in [-0.05, 0) is 12.1 Å². The fraction of sp³-hybridized carbons (Fsp3) is 0.182. The van der Waals surface area contributed by atoms with Crippen molar-refractivity contribution in [2.24, 2.45) is 0 Å². The first-order chi connectivity index (χ1) is 8.25. The van der Waals surface area contributed by atoms with E-state index >= 15 is 0 Å². The smallest absolute Gasteiger partial charge is 0.394 e. The molecule has 6 nitrogen and oxygen atoms in total. The third-order valence-electron chi connectivity index (χ3n) is 2.01. The molecule has 0 atom stereocenters. The Morgan fingerprint density at radius 2 is 2.35 bits per heavy atom. The fourth-order valence-electron chi connectivity index (χ4n) is 1.21. The Bertz CT molecular complexity index is 495. The van der Waals surface area contributed by atoms with Gasteiger partial charge in [-0.2, -0.15) is 4.98 Å². The van der Waals surface area contributed by atoms with Crippen molar-refractivity contribution in [2.45, 2.75) is 6.42 Å². The van der Waals surface area contributed by atoms with E-state index in [2.05, 4.69) is 9.97 Å². The standard InChI is InChI=1S/C11H10N2O4/c14-10(15)9-7-17-11(13-9)16-6-4-8-3-1-2-5-12-8/h1-3,5,7H,4,6H2,(H,14,15). The molecule has 0 spiro atoms. The highest BCUT2D eigenvalue weighted by atomic mass is 16.6. The molecule has 0 radical (unpaired) electrons. The molecule has 0 bridgehead atoms. The molecule has 0 aromatic carbocycles. The van der Waals surface area contributed by atoms with Crippen LogP contribution in [0.2, 0.25) is 0 Å². The van der Waals surface area contributed by atoms with Crippen molar-refractivity contribution in [1.29, 1.82) is 0 Å². The molecule has 88 valence electrons. The first-order valence-corrected chi connectivity index (χ1v) is 4.97. The van der Waals surface area contributed by atoms with E-state index in [0.29, 0.717) is 13.0 Å². The van der Waals surface area contributed by atoms with Gasteiger partial charge in [0.2, 0.25) is 0 Å². The molecular weight excluding hydrogens is 224 g/mol. The summed E-state index contributed by atoms with van der Waals surface area (Å²) in [6.07, 6.45) is 3.30. The summed E-state index contributed by atoms with van der Waals surface area (Å²) in [6, 6.07) is 5.59. The van der Waals surface area contributed by atoms with Gasteiger partial charge in [0.05, 0.1) is 6.61 Å². The number of carboxylic acids is 1. The zero-order valence-corrected chi connectivity index (χ0v) is 8.87. The zero-order chi connectivity index (χ0) is 12.1. The van der Waals surface area contributed by atoms with Gasteiger partial charge in [-0.15, -0.1) is 0 Å². The van der Waals surface area contributed by atoms with E-state index in [1.807, 2.05) is 18.2 Å². The van der Waals surface area contributed by atoms with Crippen molar-refractivity contribution < 1.29 is 19.1 Å². The van der Waals surface area contributed by atoms with Crippen molar-refractivity contribution in [3.05, 3.63) is 42.0 Å². The van der Waals surface area contributed by atoms with Gasteiger partial charge in [0, 0.05) is 18.3 Å². The van der Waals surface area contributed by atoms with Crippen molar-refractivity contribution in [3.8, 4) is 6.08 Å². The number of ether oxygens (including phenoxy) is 1. The molecule has 0 aliphatic carbocycles. The van der Waals surface area contributed by atoms with Gasteiger partial charge in [-0.3, -0.25) is 4.98 Å². The van der Waals surface area contributed by atoms with Crippen LogP contribution < -0.4 is 4.74 Å². The summed E-state index contributed by atoms with van der Waals surface area (Å²) < 4.78 is 9.99. The van der Waals surface area contributed by atoms with E-state index in [4.69, 9.17) is 14.3 Å². The number of carbonyl (C=O) groups is 1. The average molecular weight is 234 g/mol. The Labute approximate surface area is 96.9 Å². The molecular formula is C11H10N2O4. The summed E-state index contributed by atoms with van der Waals surface area (Å²) in [5, 5.41) is 8.61. The summed E-state index contributed by atoms with van der Waals surface area (Å²) in [7, 11) is 0. The van der Waals surface area contributed by atoms with Crippen molar-refractivity contribution >= 4 is 5.97 Å². The van der Waals surface area contributed by atoms with E-state index < -0.39 is 5.97 Å². The molecule has 0 aliphatic rings. The molecule has 0 saturated heterocycles. The van der Waals surface area contributed by atoms with Crippen LogP contribution in [0, 0.1) is 0 Å². The quantitative estimate of drug-likeness (QED) is 0.841. The molecule has 2 rings (SSSR count). The Morgan fingerprint density at radius 1 is 1.47 bits per heavy atom. The van der Waals surface area contributed by atoms with Gasteiger partial charge in [0.15, 0.2) is 5.69 Å². The minimum Gasteiger partial charge on any atom is -0.476 e. The molecule has 2 heterocycles. The Kier molecular flexibility index (Phi) is 3.34. The summed E-state index contributed by atoms with van der Waals surface area (Å²) >= 11 is 0. The SMILES string of the molecule is O=C(O)c1coc(OCCc2ccccn2)n1. The first kappa shape index (κ1) is 11.1. The fourth-order valence-corrected chi connectivity index (χ4v) is 1.21. The molecule has 2 aromatic rings. The summed E-state index contributed by atoms with van der Waals surface area (Å²) in [5.74, 6) is -1.15. The maximum absolute atomic E-state index is 10.5. The van der Waals surface area contributed by atoms with Crippen LogP contribution in [0.1, 0.15) is 16.2 Å². The van der Waals surface area contributed by atoms with Crippen LogP contribution in [0.3, 0.4) is 0 Å². The maximum Gasteiger partial charge on any atom is 0.394 e. The van der Waals surface area contributed by atoms with Gasteiger partial charge >= 0.3 is 12.0 Å². The normalized spacial score (nSPS) is 10.1. The van der Waals surface area contributed by atoms with Gasteiger partial charge in [-0.1, -0.05) is 6.07 Å². The number of oxazole rings is 1. The average Bonchev–Trinajstić information content (AvgIpc) is 2.79. The minimum absolute atomic E-state index is 0.0432. The van der Waals surface area contributed by atoms with E-state index in [9.17, 15) is 4.79 Å². The molecule has 0 amide bonds. The minimum atomic E-state index is -1.15. The van der Waals surface area contributed by atoms with Crippen molar-refractivity contribution in [1.82, 2.24) is 9.97 Å². The van der Waals surface area contributed by atoms with E-state index in [-0.39, 0.29) is 11.8 Å². The summed E-state index contributed by atoms with van der Waals surface area (Å²) in [5.41, 5.74) is 0.718. The summed E-state index contributed by atoms with van der Waals surface area (Å²) in [6.45, 7) is 0.330. The third-order valence-corrected chi connectivity index (χ3v) is 2.01. The second-order valence-electron chi connectivity index (χ2n) is 3.22. The number of pyridine rings is 1. The van der Waals surface area contributed by atoms with E-state index in [1.165, 1.54) is 0 Å². The number of hydrogen-bond acceptors (Lipinski definition) is 5. The number of rotatable bonds is 5. The van der Waals surface area contributed by atoms with Gasteiger partial charge in [-0.25, -0.2) is 4.79 Å². The largest absolute Gasteiger partial charge is 0.476 e. The van der Waals surface area contributed by atoms with E-state index in [0.717, 1.165) is 12.0 Å². The predicted octanol–water partition coefficient (Wildman–Crippen LogP) is 1.39. The lowest BCUT2D eigenvalue weighted by Gasteiger charge is -2.00. The van der Waals surface area contributed by atoms with Gasteiger partial charge in [0.25, 0.3) is 0 Å². The first-order valence-electron chi connectivity index (χ1n) is 4.97. The van der Waals surface area contributed by atoms with Crippen LogP contribution in [0.4, 0.5) is 0 Å². The van der Waals surface area contributed by atoms with Crippen LogP contribution in [0.5, 0.6) is 6.08 Å². The second kappa shape index (κ2) is 5.11. The second-order valence-corrected chi connectivity index (χ2v) is 3.22. The van der Waals surface area contributed by atoms with E-state index in [1.54, 1.807) is 6.20 Å². The predicted molar refractivity (Wildman–Crippen MR) is 56.9 cm³/mol. The highest BCUT2D eigenvalue weighted by Gasteiger charge is 2.10. The number of nitrogens with zero attached hydrogens (tertiary/aromatic N) is 2. The van der Waals surface area contributed by atoms with Crippen LogP contribution in [-0.2, 0) is 6.42 Å². The highest BCUT2D eigenvalue weighted by Crippen LogP contribution is 2.10. The van der Waals surface area contributed by atoms with Crippen LogP contribution in [-0.4, -0.2) is 27.7 Å². The van der Waals surface area contributed by atoms with Crippen molar-refractivity contribution in [3.63, 3.8) is 0 Å².